The lowest BCUT2D eigenvalue weighted by Crippen LogP contribution is -2.40. The van der Waals surface area contributed by atoms with Crippen LogP contribution in [0.1, 0.15) is 0 Å². The van der Waals surface area contributed by atoms with Gasteiger partial charge >= 0.3 is 0 Å². The minimum absolute atomic E-state index is 0.00914. The van der Waals surface area contributed by atoms with Gasteiger partial charge in [-0.2, -0.15) is 0 Å². The van der Waals surface area contributed by atoms with Crippen LogP contribution < -0.4 is 9.62 Å². The first kappa shape index (κ1) is 19.1. The summed E-state index contributed by atoms with van der Waals surface area (Å²) in [7, 11) is -4.03. The number of nitro benzene ring substituents is 1. The number of carbonyl (C=O) groups is 1. The Hall–Kier alpha value is -3.20. The molecular formula is C17H17N3O5S. The Kier molecular flexibility index (Phi) is 6.07. The standard InChI is InChI=1S/C17H17N3O5S/c1-2-12-18-17(21)13-19(14-8-10-15(11-9-14)20(22)23)26(24,25)16-6-4-3-5-7-16/h2-11H,1,12-13H2,(H,18,21). The molecule has 1 N–H and O–H groups in total. The van der Waals surface area contributed by atoms with Gasteiger partial charge in [0.1, 0.15) is 6.54 Å². The van der Waals surface area contributed by atoms with Crippen molar-refractivity contribution in [3.8, 4) is 0 Å². The molecule has 0 aromatic heterocycles. The smallest absolute Gasteiger partial charge is 0.269 e. The number of nitrogens with zero attached hydrogens (tertiary/aromatic N) is 2. The molecule has 0 spiro atoms. The molecule has 0 aliphatic heterocycles. The van der Waals surface area contributed by atoms with Crippen LogP contribution in [0.2, 0.25) is 0 Å². The lowest BCUT2D eigenvalue weighted by Gasteiger charge is -2.24. The van der Waals surface area contributed by atoms with Gasteiger partial charge in [0.15, 0.2) is 0 Å². The van der Waals surface area contributed by atoms with Crippen LogP contribution in [0.5, 0.6) is 0 Å². The molecule has 0 saturated heterocycles. The molecule has 0 heterocycles. The molecule has 0 fully saturated rings. The Morgan fingerprint density at radius 1 is 1.15 bits per heavy atom. The van der Waals surface area contributed by atoms with Gasteiger partial charge in [0.2, 0.25) is 5.91 Å². The molecule has 2 aromatic rings. The minimum Gasteiger partial charge on any atom is -0.351 e. The largest absolute Gasteiger partial charge is 0.351 e. The van der Waals surface area contributed by atoms with Gasteiger partial charge in [-0.3, -0.25) is 19.2 Å². The maximum Gasteiger partial charge on any atom is 0.269 e. The van der Waals surface area contributed by atoms with Crippen molar-refractivity contribution in [1.29, 1.82) is 0 Å². The normalized spacial score (nSPS) is 10.8. The van der Waals surface area contributed by atoms with Crippen LogP contribution >= 0.6 is 0 Å². The van der Waals surface area contributed by atoms with Gasteiger partial charge < -0.3 is 5.32 Å². The fourth-order valence-electron chi connectivity index (χ4n) is 2.15. The molecule has 1 amide bonds. The van der Waals surface area contributed by atoms with Crippen molar-refractivity contribution in [1.82, 2.24) is 5.32 Å². The van der Waals surface area contributed by atoms with Gasteiger partial charge in [0, 0.05) is 18.7 Å². The highest BCUT2D eigenvalue weighted by Gasteiger charge is 2.27. The number of hydrogen-bond acceptors (Lipinski definition) is 5. The summed E-state index contributed by atoms with van der Waals surface area (Å²) in [6.45, 7) is 3.21. The van der Waals surface area contributed by atoms with E-state index in [1.807, 2.05) is 0 Å². The van der Waals surface area contributed by atoms with Crippen molar-refractivity contribution in [3.63, 3.8) is 0 Å². The van der Waals surface area contributed by atoms with Gasteiger partial charge in [0.05, 0.1) is 15.5 Å². The summed E-state index contributed by atoms with van der Waals surface area (Å²) in [5.41, 5.74) is -0.0323. The van der Waals surface area contributed by atoms with Crippen molar-refractivity contribution in [2.24, 2.45) is 0 Å². The van der Waals surface area contributed by atoms with Crippen LogP contribution in [-0.2, 0) is 14.8 Å². The van der Waals surface area contributed by atoms with Crippen molar-refractivity contribution in [2.45, 2.75) is 4.90 Å². The molecule has 9 heteroatoms. The summed E-state index contributed by atoms with van der Waals surface area (Å²) in [6.07, 6.45) is 1.47. The molecule has 8 nitrogen and oxygen atoms in total. The van der Waals surface area contributed by atoms with E-state index in [0.717, 1.165) is 4.31 Å². The molecule has 0 radical (unpaired) electrons. The van der Waals surface area contributed by atoms with Crippen LogP contribution in [0.25, 0.3) is 0 Å². The maximum absolute atomic E-state index is 13.0. The van der Waals surface area contributed by atoms with E-state index in [9.17, 15) is 23.3 Å². The molecule has 0 unspecified atom stereocenters. The SMILES string of the molecule is C=CCNC(=O)CN(c1ccc([N+](=O)[O-])cc1)S(=O)(=O)c1ccccc1. The Morgan fingerprint density at radius 2 is 1.77 bits per heavy atom. The summed E-state index contributed by atoms with van der Waals surface area (Å²) in [5, 5.41) is 13.3. The van der Waals surface area contributed by atoms with Gasteiger partial charge in [-0.1, -0.05) is 24.3 Å². The molecule has 2 aromatic carbocycles. The second kappa shape index (κ2) is 8.26. The summed E-state index contributed by atoms with van der Waals surface area (Å²) in [4.78, 5) is 22.3. The highest BCUT2D eigenvalue weighted by molar-refractivity contribution is 7.92. The number of amides is 1. The number of carbonyl (C=O) groups excluding carboxylic acids is 1. The van der Waals surface area contributed by atoms with E-state index < -0.39 is 27.4 Å². The number of nitro groups is 1. The lowest BCUT2D eigenvalue weighted by molar-refractivity contribution is -0.384. The van der Waals surface area contributed by atoms with E-state index in [1.54, 1.807) is 18.2 Å². The van der Waals surface area contributed by atoms with Crippen molar-refractivity contribution in [3.05, 3.63) is 77.4 Å². The molecular weight excluding hydrogens is 358 g/mol. The molecule has 0 atom stereocenters. The first-order valence-electron chi connectivity index (χ1n) is 7.56. The minimum atomic E-state index is -4.03. The van der Waals surface area contributed by atoms with Crippen LogP contribution in [0.3, 0.4) is 0 Å². The predicted molar refractivity (Wildman–Crippen MR) is 97.3 cm³/mol. The Balaban J connectivity index is 2.43. The average Bonchev–Trinajstić information content (AvgIpc) is 2.65. The molecule has 0 aliphatic carbocycles. The van der Waals surface area contributed by atoms with Crippen molar-refractivity contribution < 1.29 is 18.1 Å². The van der Waals surface area contributed by atoms with Gasteiger partial charge in [-0.05, 0) is 24.3 Å². The maximum atomic E-state index is 13.0. The van der Waals surface area contributed by atoms with E-state index in [4.69, 9.17) is 0 Å². The highest BCUT2D eigenvalue weighted by Crippen LogP contribution is 2.25. The Bertz CT molecular complexity index is 896. The van der Waals surface area contributed by atoms with E-state index in [0.29, 0.717) is 0 Å². The topological polar surface area (TPSA) is 110 Å². The molecule has 0 bridgehead atoms. The van der Waals surface area contributed by atoms with Gasteiger partial charge in [0.25, 0.3) is 15.7 Å². The fraction of sp³-hybridized carbons (Fsp3) is 0.118. The van der Waals surface area contributed by atoms with E-state index in [-0.39, 0.29) is 22.8 Å². The van der Waals surface area contributed by atoms with Crippen LogP contribution in [0.15, 0.2) is 72.1 Å². The first-order valence-corrected chi connectivity index (χ1v) is 9.00. The molecule has 0 saturated carbocycles. The zero-order chi connectivity index (χ0) is 19.2. The second-order valence-corrected chi connectivity index (χ2v) is 7.05. The number of non-ortho nitro benzene ring substituents is 1. The highest BCUT2D eigenvalue weighted by atomic mass is 32.2. The quantitative estimate of drug-likeness (QED) is 0.432. The monoisotopic (exact) mass is 375 g/mol. The lowest BCUT2D eigenvalue weighted by atomic mass is 10.3. The number of nitrogens with one attached hydrogen (secondary N) is 1. The van der Waals surface area contributed by atoms with Crippen LogP contribution in [0.4, 0.5) is 11.4 Å². The van der Waals surface area contributed by atoms with E-state index >= 15 is 0 Å². The number of anilines is 1. The third-order valence-corrected chi connectivity index (χ3v) is 5.20. The number of hydrogen-bond donors (Lipinski definition) is 1. The summed E-state index contributed by atoms with van der Waals surface area (Å²) < 4.78 is 26.8. The fourth-order valence-corrected chi connectivity index (χ4v) is 3.59. The second-order valence-electron chi connectivity index (χ2n) is 5.19. The predicted octanol–water partition coefficient (Wildman–Crippen LogP) is 2.09. The number of benzene rings is 2. The Labute approximate surface area is 151 Å². The van der Waals surface area contributed by atoms with Crippen molar-refractivity contribution >= 4 is 27.3 Å². The zero-order valence-corrected chi connectivity index (χ0v) is 14.6. The third-order valence-electron chi connectivity index (χ3n) is 3.41. The van der Waals surface area contributed by atoms with Gasteiger partial charge in [-0.15, -0.1) is 6.58 Å². The first-order chi connectivity index (χ1) is 12.4. The summed E-state index contributed by atoms with van der Waals surface area (Å²) in [5.74, 6) is -0.525. The van der Waals surface area contributed by atoms with Crippen LogP contribution in [-0.4, -0.2) is 32.3 Å². The molecule has 26 heavy (non-hydrogen) atoms. The average molecular weight is 375 g/mol. The zero-order valence-electron chi connectivity index (χ0n) is 13.7. The number of rotatable bonds is 8. The number of sulfonamides is 1. The summed E-state index contributed by atoms with van der Waals surface area (Å²) in [6, 6.07) is 12.6. The molecule has 0 aliphatic rings. The molecule has 136 valence electrons. The van der Waals surface area contributed by atoms with E-state index in [2.05, 4.69) is 11.9 Å². The Morgan fingerprint density at radius 3 is 2.31 bits per heavy atom. The van der Waals surface area contributed by atoms with Gasteiger partial charge in [-0.25, -0.2) is 8.42 Å². The molecule has 2 rings (SSSR count). The van der Waals surface area contributed by atoms with Crippen LogP contribution in [0, 0.1) is 10.1 Å². The van der Waals surface area contributed by atoms with E-state index in [1.165, 1.54) is 42.5 Å². The van der Waals surface area contributed by atoms with Crippen molar-refractivity contribution in [2.75, 3.05) is 17.4 Å². The summed E-state index contributed by atoms with van der Waals surface area (Å²) >= 11 is 0. The third kappa shape index (κ3) is 4.45.